The van der Waals surface area contributed by atoms with Gasteiger partial charge in [-0.3, -0.25) is 0 Å². The van der Waals surface area contributed by atoms with Gasteiger partial charge in [0.05, 0.1) is 0 Å². The summed E-state index contributed by atoms with van der Waals surface area (Å²) in [7, 11) is 0. The highest BCUT2D eigenvalue weighted by Crippen LogP contribution is 2.25. The maximum absolute atomic E-state index is 8.58. The summed E-state index contributed by atoms with van der Waals surface area (Å²) in [6.45, 7) is 6.65. The molecule has 0 saturated heterocycles. The van der Waals surface area contributed by atoms with E-state index in [4.69, 9.17) is 10.9 Å². The second-order valence-corrected chi connectivity index (χ2v) is 5.14. The second kappa shape index (κ2) is 5.91. The van der Waals surface area contributed by atoms with Crippen LogP contribution in [0.15, 0.2) is 21.8 Å². The van der Waals surface area contributed by atoms with Crippen LogP contribution in [-0.2, 0) is 0 Å². The van der Waals surface area contributed by atoms with Crippen LogP contribution in [0.2, 0.25) is 0 Å². The van der Waals surface area contributed by atoms with Crippen LogP contribution in [0.4, 0.5) is 5.69 Å². The van der Waals surface area contributed by atoms with E-state index in [1.807, 2.05) is 20.8 Å². The minimum atomic E-state index is -0.0116. The minimum absolute atomic E-state index is 0.0116. The van der Waals surface area contributed by atoms with E-state index < -0.39 is 0 Å². The number of halogens is 1. The van der Waals surface area contributed by atoms with Crippen LogP contribution < -0.4 is 11.1 Å². The number of nitrogens with two attached hydrogens (primary N) is 1. The van der Waals surface area contributed by atoms with Crippen molar-refractivity contribution in [3.8, 4) is 0 Å². The van der Waals surface area contributed by atoms with E-state index >= 15 is 0 Å². The van der Waals surface area contributed by atoms with Crippen molar-refractivity contribution in [1.82, 2.24) is 0 Å². The zero-order valence-electron chi connectivity index (χ0n) is 10.3. The summed E-state index contributed by atoms with van der Waals surface area (Å²) >= 11 is 3.46. The van der Waals surface area contributed by atoms with Crippen molar-refractivity contribution in [2.75, 3.05) is 11.9 Å². The van der Waals surface area contributed by atoms with Gasteiger partial charge in [-0.15, -0.1) is 0 Å². The normalized spacial score (nSPS) is 13.5. The molecule has 0 heterocycles. The Kier molecular flexibility index (Phi) is 4.81. The highest BCUT2D eigenvalue weighted by Gasteiger charge is 2.09. The van der Waals surface area contributed by atoms with Crippen LogP contribution in [0.5, 0.6) is 0 Å². The summed E-state index contributed by atoms with van der Waals surface area (Å²) in [5.41, 5.74) is 8.98. The fourth-order valence-electron chi connectivity index (χ4n) is 1.65. The third-order valence-electron chi connectivity index (χ3n) is 2.70. The number of hydrogen-bond acceptors (Lipinski definition) is 3. The number of rotatable bonds is 4. The number of anilines is 1. The highest BCUT2D eigenvalue weighted by molar-refractivity contribution is 9.10. The first-order chi connectivity index (χ1) is 7.95. The molecule has 1 unspecified atom stereocenters. The van der Waals surface area contributed by atoms with Gasteiger partial charge in [0, 0.05) is 22.6 Å². The first-order valence-electron chi connectivity index (χ1n) is 5.43. The van der Waals surface area contributed by atoms with Gasteiger partial charge in [-0.05, 0) is 37.1 Å². The van der Waals surface area contributed by atoms with Gasteiger partial charge >= 0.3 is 0 Å². The summed E-state index contributed by atoms with van der Waals surface area (Å²) in [6.07, 6.45) is 0. The molecule has 0 fully saturated rings. The zero-order chi connectivity index (χ0) is 13.0. The summed E-state index contributed by atoms with van der Waals surface area (Å²) < 4.78 is 1.07. The Morgan fingerprint density at radius 1 is 1.47 bits per heavy atom. The number of nitrogens with zero attached hydrogens (tertiary/aromatic N) is 1. The third-order valence-corrected chi connectivity index (χ3v) is 3.16. The van der Waals surface area contributed by atoms with Crippen molar-refractivity contribution in [3.63, 3.8) is 0 Å². The van der Waals surface area contributed by atoms with E-state index in [1.165, 1.54) is 11.1 Å². The molecule has 5 heteroatoms. The average Bonchev–Trinajstić information content (AvgIpc) is 2.26. The Balaban J connectivity index is 2.76. The highest BCUT2D eigenvalue weighted by atomic mass is 79.9. The molecule has 0 bridgehead atoms. The standard InChI is InChI=1S/C12H18BrN3O/c1-7-4-10(13)5-8(2)11(7)15-6-9(3)12(14)16-17/h4-5,9,15,17H,6H2,1-3H3,(H2,14,16). The summed E-state index contributed by atoms with van der Waals surface area (Å²) in [5, 5.41) is 14.9. The van der Waals surface area contributed by atoms with Gasteiger partial charge in [0.2, 0.25) is 0 Å². The van der Waals surface area contributed by atoms with Crippen molar-refractivity contribution in [2.45, 2.75) is 20.8 Å². The molecule has 0 saturated carbocycles. The number of oxime groups is 1. The molecule has 0 amide bonds. The molecule has 1 aromatic rings. The number of benzene rings is 1. The van der Waals surface area contributed by atoms with Crippen molar-refractivity contribution in [3.05, 3.63) is 27.7 Å². The van der Waals surface area contributed by atoms with Crippen LogP contribution in [0, 0.1) is 19.8 Å². The fraction of sp³-hybridized carbons (Fsp3) is 0.417. The minimum Gasteiger partial charge on any atom is -0.409 e. The quantitative estimate of drug-likeness (QED) is 0.346. The van der Waals surface area contributed by atoms with Crippen molar-refractivity contribution < 1.29 is 5.21 Å². The second-order valence-electron chi connectivity index (χ2n) is 4.22. The van der Waals surface area contributed by atoms with E-state index in [2.05, 4.69) is 38.5 Å². The van der Waals surface area contributed by atoms with Gasteiger partial charge in [0.15, 0.2) is 0 Å². The Bertz CT molecular complexity index is 409. The number of amidine groups is 1. The van der Waals surface area contributed by atoms with Gasteiger partial charge in [-0.25, -0.2) is 0 Å². The Hall–Kier alpha value is -1.23. The van der Waals surface area contributed by atoms with Crippen molar-refractivity contribution in [1.29, 1.82) is 0 Å². The number of hydrogen-bond donors (Lipinski definition) is 3. The predicted molar refractivity (Wildman–Crippen MR) is 74.7 cm³/mol. The Labute approximate surface area is 110 Å². The van der Waals surface area contributed by atoms with E-state index in [0.717, 1.165) is 10.2 Å². The topological polar surface area (TPSA) is 70.6 Å². The monoisotopic (exact) mass is 299 g/mol. The lowest BCUT2D eigenvalue weighted by atomic mass is 10.1. The molecule has 0 aliphatic heterocycles. The summed E-state index contributed by atoms with van der Waals surface area (Å²) in [4.78, 5) is 0. The Morgan fingerprint density at radius 3 is 2.47 bits per heavy atom. The molecule has 1 atom stereocenters. The molecular weight excluding hydrogens is 282 g/mol. The third kappa shape index (κ3) is 3.63. The molecule has 94 valence electrons. The fourth-order valence-corrected chi connectivity index (χ4v) is 2.33. The zero-order valence-corrected chi connectivity index (χ0v) is 11.9. The maximum Gasteiger partial charge on any atom is 0.143 e. The summed E-state index contributed by atoms with van der Waals surface area (Å²) in [5.74, 6) is 0.229. The van der Waals surface area contributed by atoms with Crippen molar-refractivity contribution in [2.24, 2.45) is 16.8 Å². The lowest BCUT2D eigenvalue weighted by Gasteiger charge is -2.16. The number of aryl methyl sites for hydroxylation is 2. The van der Waals surface area contributed by atoms with Gasteiger partial charge in [0.1, 0.15) is 5.84 Å². The molecule has 0 radical (unpaired) electrons. The van der Waals surface area contributed by atoms with Gasteiger partial charge in [0.25, 0.3) is 0 Å². The van der Waals surface area contributed by atoms with Crippen LogP contribution >= 0.6 is 15.9 Å². The maximum atomic E-state index is 8.58. The smallest absolute Gasteiger partial charge is 0.143 e. The lowest BCUT2D eigenvalue weighted by molar-refractivity contribution is 0.315. The molecule has 17 heavy (non-hydrogen) atoms. The van der Waals surface area contributed by atoms with E-state index in [-0.39, 0.29) is 11.8 Å². The van der Waals surface area contributed by atoms with Crippen LogP contribution in [0.1, 0.15) is 18.1 Å². The predicted octanol–water partition coefficient (Wildman–Crippen LogP) is 2.86. The van der Waals surface area contributed by atoms with Crippen LogP contribution in [0.25, 0.3) is 0 Å². The molecule has 4 N–H and O–H groups in total. The largest absolute Gasteiger partial charge is 0.409 e. The van der Waals surface area contributed by atoms with Gasteiger partial charge in [-0.2, -0.15) is 0 Å². The van der Waals surface area contributed by atoms with Crippen LogP contribution in [0.3, 0.4) is 0 Å². The average molecular weight is 300 g/mol. The van der Waals surface area contributed by atoms with E-state index in [1.54, 1.807) is 0 Å². The molecule has 0 aliphatic rings. The molecule has 0 aromatic heterocycles. The Morgan fingerprint density at radius 2 is 2.00 bits per heavy atom. The first-order valence-corrected chi connectivity index (χ1v) is 6.23. The molecule has 4 nitrogen and oxygen atoms in total. The molecule has 0 spiro atoms. The van der Waals surface area contributed by atoms with Gasteiger partial charge in [-0.1, -0.05) is 28.0 Å². The van der Waals surface area contributed by atoms with Gasteiger partial charge < -0.3 is 16.3 Å². The first kappa shape index (κ1) is 13.8. The molecule has 1 aromatic carbocycles. The number of nitrogens with one attached hydrogen (secondary N) is 1. The molecule has 1 rings (SSSR count). The molecule has 0 aliphatic carbocycles. The van der Waals surface area contributed by atoms with E-state index in [9.17, 15) is 0 Å². The lowest BCUT2D eigenvalue weighted by Crippen LogP contribution is -2.27. The SMILES string of the molecule is Cc1cc(Br)cc(C)c1NCC(C)C(N)=NO. The summed E-state index contributed by atoms with van der Waals surface area (Å²) in [6, 6.07) is 4.12. The van der Waals surface area contributed by atoms with Crippen LogP contribution in [-0.4, -0.2) is 17.6 Å². The van der Waals surface area contributed by atoms with E-state index in [0.29, 0.717) is 6.54 Å². The molecular formula is C12H18BrN3O. The van der Waals surface area contributed by atoms with Crippen molar-refractivity contribution >= 4 is 27.5 Å².